The van der Waals surface area contributed by atoms with E-state index in [1.165, 1.54) is 14.0 Å². The normalized spacial score (nSPS) is 15.1. The van der Waals surface area contributed by atoms with Gasteiger partial charge in [-0.3, -0.25) is 4.79 Å². The van der Waals surface area contributed by atoms with E-state index in [1.807, 2.05) is 0 Å². The number of carboxylic acid groups (broad SMARTS) is 1. The van der Waals surface area contributed by atoms with Crippen molar-refractivity contribution in [1.29, 1.82) is 0 Å². The molecule has 0 rings (SSSR count). The molecule has 0 bridgehead atoms. The molecule has 1 atom stereocenters. The highest BCUT2D eigenvalue weighted by molar-refractivity contribution is 5.85. The quantitative estimate of drug-likeness (QED) is 0.646. The van der Waals surface area contributed by atoms with Gasteiger partial charge in [-0.25, -0.2) is 4.39 Å². The lowest BCUT2D eigenvalue weighted by Crippen LogP contribution is -2.49. The number of carbonyl (C=O) groups is 1. The van der Waals surface area contributed by atoms with E-state index in [9.17, 15) is 9.18 Å². The fourth-order valence-corrected chi connectivity index (χ4v) is 0.231. The maximum Gasteiger partial charge on any atom is 0.326 e. The summed E-state index contributed by atoms with van der Waals surface area (Å²) >= 11 is 0. The molecule has 0 spiro atoms. The van der Waals surface area contributed by atoms with Crippen LogP contribution in [0.25, 0.3) is 0 Å². The second kappa shape index (κ2) is 4.46. The Kier molecular flexibility index (Phi) is 5.51. The van der Waals surface area contributed by atoms with E-state index in [1.54, 1.807) is 0 Å². The Hall–Kier alpha value is -0.350. The predicted octanol–water partition coefficient (Wildman–Crippen LogP) is 0.440. The smallest absolute Gasteiger partial charge is 0.326 e. The SMILES string of the molecule is CNC(C)(C[18F])C(=O)O.Cl. The van der Waals surface area contributed by atoms with Gasteiger partial charge in [-0.1, -0.05) is 0 Å². The Labute approximate surface area is 65.0 Å². The van der Waals surface area contributed by atoms with Crippen molar-refractivity contribution < 1.29 is 14.3 Å². The van der Waals surface area contributed by atoms with E-state index in [4.69, 9.17) is 5.11 Å². The number of likely N-dealkylation sites (N-methyl/N-ethyl adjacent to an activating group) is 1. The average molecular weight is 171 g/mol. The molecule has 62 valence electrons. The molecule has 0 aliphatic rings. The number of hydrogen-bond donors (Lipinski definition) is 2. The van der Waals surface area contributed by atoms with Crippen molar-refractivity contribution in [1.82, 2.24) is 5.32 Å². The van der Waals surface area contributed by atoms with Crippen LogP contribution in [0.5, 0.6) is 0 Å². The molecule has 0 heterocycles. The van der Waals surface area contributed by atoms with Crippen molar-refractivity contribution in [3.63, 3.8) is 0 Å². The van der Waals surface area contributed by atoms with Crippen LogP contribution in [0.2, 0.25) is 0 Å². The van der Waals surface area contributed by atoms with Crippen molar-refractivity contribution in [3.8, 4) is 0 Å². The van der Waals surface area contributed by atoms with Crippen molar-refractivity contribution in [2.24, 2.45) is 0 Å². The van der Waals surface area contributed by atoms with Crippen molar-refractivity contribution in [3.05, 3.63) is 0 Å². The average Bonchev–Trinajstić information content (AvgIpc) is 1.86. The Morgan fingerprint density at radius 1 is 1.80 bits per heavy atom. The summed E-state index contributed by atoms with van der Waals surface area (Å²) in [7, 11) is 1.41. The number of carboxylic acids is 1. The zero-order valence-electron chi connectivity index (χ0n) is 5.85. The fraction of sp³-hybridized carbons (Fsp3) is 0.800. The van der Waals surface area contributed by atoms with Gasteiger partial charge in [0.15, 0.2) is 0 Å². The van der Waals surface area contributed by atoms with Gasteiger partial charge in [0.2, 0.25) is 0 Å². The summed E-state index contributed by atoms with van der Waals surface area (Å²) in [5, 5.41) is 10.7. The van der Waals surface area contributed by atoms with Gasteiger partial charge >= 0.3 is 5.97 Å². The first-order chi connectivity index (χ1) is 4.06. The first-order valence-corrected chi connectivity index (χ1v) is 2.55. The molecular weight excluding hydrogens is 160 g/mol. The second-order valence-corrected chi connectivity index (χ2v) is 2.02. The number of aliphatic carboxylic acids is 1. The molecule has 2 N–H and O–H groups in total. The van der Waals surface area contributed by atoms with Gasteiger partial charge in [0, 0.05) is 0 Å². The molecule has 0 aliphatic carbocycles. The van der Waals surface area contributed by atoms with Crippen LogP contribution in [-0.2, 0) is 4.79 Å². The standard InChI is InChI=1S/C5H10FNO2.ClH/c1-5(3-6,7-2)4(8)9;/h7H,3H2,1-2H3,(H,8,9);1H/i6-1;. The van der Waals surface area contributed by atoms with Crippen LogP contribution in [0.4, 0.5) is 4.39 Å². The van der Waals surface area contributed by atoms with Crippen LogP contribution in [0.1, 0.15) is 6.92 Å². The number of hydrogen-bond acceptors (Lipinski definition) is 2. The van der Waals surface area contributed by atoms with Crippen LogP contribution >= 0.6 is 12.4 Å². The van der Waals surface area contributed by atoms with E-state index in [0.717, 1.165) is 0 Å². The van der Waals surface area contributed by atoms with Crippen LogP contribution in [0.3, 0.4) is 0 Å². The third kappa shape index (κ3) is 2.49. The van der Waals surface area contributed by atoms with Crippen LogP contribution < -0.4 is 5.32 Å². The van der Waals surface area contributed by atoms with E-state index in [0.29, 0.717) is 0 Å². The molecule has 0 radical (unpaired) electrons. The molecule has 5 heteroatoms. The lowest BCUT2D eigenvalue weighted by atomic mass is 10.1. The van der Waals surface area contributed by atoms with Gasteiger partial charge in [0.25, 0.3) is 0 Å². The highest BCUT2D eigenvalue weighted by Gasteiger charge is 2.30. The minimum absolute atomic E-state index is 0. The fourth-order valence-electron chi connectivity index (χ4n) is 0.231. The Morgan fingerprint density at radius 2 is 2.20 bits per heavy atom. The zero-order chi connectivity index (χ0) is 7.49. The summed E-state index contributed by atoms with van der Waals surface area (Å²) < 4.78 is 11.8. The molecule has 0 fully saturated rings. The Balaban J connectivity index is 0. The third-order valence-electron chi connectivity index (χ3n) is 1.29. The highest BCUT2D eigenvalue weighted by Crippen LogP contribution is 2.02. The summed E-state index contributed by atoms with van der Waals surface area (Å²) in [6.07, 6.45) is 0. The van der Waals surface area contributed by atoms with Gasteiger partial charge in [-0.2, -0.15) is 0 Å². The second-order valence-electron chi connectivity index (χ2n) is 2.02. The third-order valence-corrected chi connectivity index (χ3v) is 1.29. The zero-order valence-corrected chi connectivity index (χ0v) is 6.67. The minimum atomic E-state index is -1.42. The summed E-state index contributed by atoms with van der Waals surface area (Å²) in [6.45, 7) is 0.383. The first-order valence-electron chi connectivity index (χ1n) is 2.55. The van der Waals surface area contributed by atoms with Gasteiger partial charge in [0.05, 0.1) is 0 Å². The topological polar surface area (TPSA) is 49.3 Å². The molecule has 0 saturated carbocycles. The molecular formula is C5H11ClFNO2. The molecule has 0 saturated heterocycles. The maximum atomic E-state index is 11.8. The Morgan fingerprint density at radius 3 is 2.20 bits per heavy atom. The molecule has 10 heavy (non-hydrogen) atoms. The van der Waals surface area contributed by atoms with Crippen LogP contribution in [-0.4, -0.2) is 30.3 Å². The van der Waals surface area contributed by atoms with Crippen molar-refractivity contribution >= 4 is 18.4 Å². The van der Waals surface area contributed by atoms with Gasteiger partial charge in [-0.05, 0) is 14.0 Å². The van der Waals surface area contributed by atoms with E-state index >= 15 is 0 Å². The maximum absolute atomic E-state index is 11.8. The van der Waals surface area contributed by atoms with E-state index in [-0.39, 0.29) is 12.4 Å². The van der Waals surface area contributed by atoms with E-state index < -0.39 is 18.2 Å². The molecule has 0 aliphatic heterocycles. The van der Waals surface area contributed by atoms with E-state index in [2.05, 4.69) is 5.32 Å². The Bertz CT molecular complexity index is 116. The van der Waals surface area contributed by atoms with Crippen LogP contribution in [0, 0.1) is 0 Å². The number of rotatable bonds is 3. The van der Waals surface area contributed by atoms with Crippen molar-refractivity contribution in [2.45, 2.75) is 12.5 Å². The number of halogens is 2. The largest absolute Gasteiger partial charge is 0.480 e. The molecule has 3 nitrogen and oxygen atoms in total. The summed E-state index contributed by atoms with van der Waals surface area (Å²) in [5.41, 5.74) is -1.42. The molecule has 0 amide bonds. The summed E-state index contributed by atoms with van der Waals surface area (Å²) in [4.78, 5) is 10.2. The van der Waals surface area contributed by atoms with Gasteiger partial charge in [-0.15, -0.1) is 12.4 Å². The number of nitrogens with one attached hydrogen (secondary N) is 1. The van der Waals surface area contributed by atoms with Crippen LogP contribution in [0.15, 0.2) is 0 Å². The summed E-state index contributed by atoms with van der Waals surface area (Å²) in [6, 6.07) is 0. The first kappa shape index (κ1) is 12.3. The van der Waals surface area contributed by atoms with Crippen molar-refractivity contribution in [2.75, 3.05) is 13.7 Å². The monoisotopic (exact) mass is 170 g/mol. The van der Waals surface area contributed by atoms with Gasteiger partial charge in [0.1, 0.15) is 12.2 Å². The molecule has 0 aromatic heterocycles. The number of alkyl halides is 1. The predicted molar refractivity (Wildman–Crippen MR) is 38.3 cm³/mol. The summed E-state index contributed by atoms with van der Waals surface area (Å²) in [5.74, 6) is -1.17. The lowest BCUT2D eigenvalue weighted by Gasteiger charge is -2.18. The van der Waals surface area contributed by atoms with Gasteiger partial charge < -0.3 is 10.4 Å². The molecule has 0 aromatic rings. The molecule has 1 unspecified atom stereocenters. The lowest BCUT2D eigenvalue weighted by molar-refractivity contribution is -0.144. The molecule has 0 aromatic carbocycles. The minimum Gasteiger partial charge on any atom is -0.480 e. The highest BCUT2D eigenvalue weighted by atomic mass is 35.5.